The summed E-state index contributed by atoms with van der Waals surface area (Å²) in [5.41, 5.74) is 2.26. The minimum absolute atomic E-state index is 0.340. The highest BCUT2D eigenvalue weighted by molar-refractivity contribution is 5.71. The summed E-state index contributed by atoms with van der Waals surface area (Å²) < 4.78 is 53.5. The number of alkyl halides is 3. The SMILES string of the molecule is Fc1ccc(-n2nc(-c3ccc(C(F)(F)F)cc3)c3c2NCCCC3)cc1. The number of benzene rings is 2. The van der Waals surface area contributed by atoms with E-state index in [1.165, 1.54) is 24.3 Å². The van der Waals surface area contributed by atoms with Crippen LogP contribution in [0.3, 0.4) is 0 Å². The Morgan fingerprint density at radius 2 is 1.63 bits per heavy atom. The maximum absolute atomic E-state index is 13.3. The van der Waals surface area contributed by atoms with Gasteiger partial charge in [0.25, 0.3) is 0 Å². The van der Waals surface area contributed by atoms with Crippen molar-refractivity contribution in [1.29, 1.82) is 0 Å². The molecular weight excluding hydrogens is 358 g/mol. The normalized spacial score (nSPS) is 14.4. The average Bonchev–Trinajstić information content (AvgIpc) is 2.83. The molecule has 0 saturated carbocycles. The molecule has 2 heterocycles. The van der Waals surface area contributed by atoms with Crippen molar-refractivity contribution in [1.82, 2.24) is 9.78 Å². The number of aromatic nitrogens is 2. The summed E-state index contributed by atoms with van der Waals surface area (Å²) >= 11 is 0. The van der Waals surface area contributed by atoms with E-state index in [1.807, 2.05) is 0 Å². The van der Waals surface area contributed by atoms with Gasteiger partial charge in [0.15, 0.2) is 0 Å². The first-order chi connectivity index (χ1) is 12.9. The second-order valence-electron chi connectivity index (χ2n) is 6.52. The van der Waals surface area contributed by atoms with Gasteiger partial charge in [0, 0.05) is 17.7 Å². The summed E-state index contributed by atoms with van der Waals surface area (Å²) in [7, 11) is 0. The van der Waals surface area contributed by atoms with Crippen LogP contribution in [-0.2, 0) is 12.6 Å². The van der Waals surface area contributed by atoms with E-state index in [0.717, 1.165) is 49.3 Å². The lowest BCUT2D eigenvalue weighted by atomic mass is 10.0. The van der Waals surface area contributed by atoms with E-state index in [-0.39, 0.29) is 5.82 Å². The minimum Gasteiger partial charge on any atom is -0.370 e. The van der Waals surface area contributed by atoms with Gasteiger partial charge >= 0.3 is 6.18 Å². The van der Waals surface area contributed by atoms with Crippen LogP contribution in [0.2, 0.25) is 0 Å². The van der Waals surface area contributed by atoms with Crippen LogP contribution in [0.15, 0.2) is 48.5 Å². The number of halogens is 4. The van der Waals surface area contributed by atoms with E-state index in [4.69, 9.17) is 0 Å². The van der Waals surface area contributed by atoms with Gasteiger partial charge < -0.3 is 5.32 Å². The standard InChI is InChI=1S/C20H17F4N3/c21-15-8-10-16(11-9-15)27-19-17(3-1-2-12-25-19)18(26-27)13-4-6-14(7-5-13)20(22,23)24/h4-11,25H,1-3,12H2. The number of nitrogens with one attached hydrogen (secondary N) is 1. The molecule has 27 heavy (non-hydrogen) atoms. The number of nitrogens with zero attached hydrogens (tertiary/aromatic N) is 2. The fourth-order valence-corrected chi connectivity index (χ4v) is 3.32. The van der Waals surface area contributed by atoms with E-state index >= 15 is 0 Å². The average molecular weight is 375 g/mol. The molecule has 0 unspecified atom stereocenters. The van der Waals surface area contributed by atoms with Crippen LogP contribution in [-0.4, -0.2) is 16.3 Å². The largest absolute Gasteiger partial charge is 0.416 e. The van der Waals surface area contributed by atoms with Crippen LogP contribution in [0.1, 0.15) is 24.0 Å². The molecule has 0 saturated heterocycles. The van der Waals surface area contributed by atoms with Gasteiger partial charge in [-0.2, -0.15) is 18.3 Å². The highest BCUT2D eigenvalue weighted by atomic mass is 19.4. The smallest absolute Gasteiger partial charge is 0.370 e. The van der Waals surface area contributed by atoms with Crippen molar-refractivity contribution in [3.8, 4) is 16.9 Å². The van der Waals surface area contributed by atoms with Gasteiger partial charge in [-0.1, -0.05) is 12.1 Å². The van der Waals surface area contributed by atoms with Crippen LogP contribution >= 0.6 is 0 Å². The lowest BCUT2D eigenvalue weighted by Gasteiger charge is -2.09. The van der Waals surface area contributed by atoms with Gasteiger partial charge in [-0.3, -0.25) is 0 Å². The van der Waals surface area contributed by atoms with E-state index in [2.05, 4.69) is 10.4 Å². The molecule has 140 valence electrons. The van der Waals surface area contributed by atoms with Gasteiger partial charge in [-0.05, 0) is 55.7 Å². The third kappa shape index (κ3) is 3.41. The molecule has 1 N–H and O–H groups in total. The Bertz CT molecular complexity index is 941. The zero-order valence-corrected chi connectivity index (χ0v) is 14.4. The molecule has 0 bridgehead atoms. The molecule has 0 amide bonds. The third-order valence-corrected chi connectivity index (χ3v) is 4.69. The molecule has 1 aliphatic rings. The molecule has 4 rings (SSSR count). The molecule has 0 fully saturated rings. The maximum Gasteiger partial charge on any atom is 0.416 e. The molecular formula is C20H17F4N3. The molecule has 1 aliphatic heterocycles. The number of fused-ring (bicyclic) bond motifs is 1. The van der Waals surface area contributed by atoms with Crippen molar-refractivity contribution in [2.45, 2.75) is 25.4 Å². The van der Waals surface area contributed by atoms with E-state index in [1.54, 1.807) is 16.8 Å². The Labute approximate surface area is 153 Å². The van der Waals surface area contributed by atoms with Gasteiger partial charge in [-0.25, -0.2) is 9.07 Å². The first-order valence-corrected chi connectivity index (χ1v) is 8.73. The lowest BCUT2D eigenvalue weighted by Crippen LogP contribution is -2.07. The van der Waals surface area contributed by atoms with Crippen molar-refractivity contribution < 1.29 is 17.6 Å². The summed E-state index contributed by atoms with van der Waals surface area (Å²) in [6.07, 6.45) is -1.64. The molecule has 1 aromatic heterocycles. The fourth-order valence-electron chi connectivity index (χ4n) is 3.32. The van der Waals surface area contributed by atoms with Crippen molar-refractivity contribution >= 4 is 5.82 Å². The van der Waals surface area contributed by atoms with Crippen LogP contribution < -0.4 is 5.32 Å². The van der Waals surface area contributed by atoms with Crippen LogP contribution in [0.5, 0.6) is 0 Å². The summed E-state index contributed by atoms with van der Waals surface area (Å²) in [5, 5.41) is 8.01. The number of hydrogen-bond donors (Lipinski definition) is 1. The molecule has 3 nitrogen and oxygen atoms in total. The first-order valence-electron chi connectivity index (χ1n) is 8.73. The van der Waals surface area contributed by atoms with E-state index in [0.29, 0.717) is 16.9 Å². The van der Waals surface area contributed by atoms with Crippen molar-refractivity contribution in [3.05, 3.63) is 65.5 Å². The zero-order valence-electron chi connectivity index (χ0n) is 14.4. The van der Waals surface area contributed by atoms with Crippen LogP contribution in [0.25, 0.3) is 16.9 Å². The molecule has 7 heteroatoms. The fraction of sp³-hybridized carbons (Fsp3) is 0.250. The van der Waals surface area contributed by atoms with Gasteiger partial charge in [0.05, 0.1) is 16.9 Å². The Morgan fingerprint density at radius 1 is 0.926 bits per heavy atom. The predicted molar refractivity (Wildman–Crippen MR) is 95.4 cm³/mol. The Balaban J connectivity index is 1.82. The summed E-state index contributed by atoms with van der Waals surface area (Å²) in [6, 6.07) is 11.0. The molecule has 0 spiro atoms. The topological polar surface area (TPSA) is 29.9 Å². The van der Waals surface area contributed by atoms with Crippen molar-refractivity contribution in [2.75, 3.05) is 11.9 Å². The minimum atomic E-state index is -4.37. The second kappa shape index (κ2) is 6.72. The zero-order chi connectivity index (χ0) is 19.0. The Kier molecular flexibility index (Phi) is 4.37. The molecule has 0 atom stereocenters. The molecule has 3 aromatic rings. The molecule has 2 aromatic carbocycles. The summed E-state index contributed by atoms with van der Waals surface area (Å²) in [4.78, 5) is 0. The molecule has 0 radical (unpaired) electrons. The number of rotatable bonds is 2. The summed E-state index contributed by atoms with van der Waals surface area (Å²) in [5.74, 6) is 0.474. The quantitative estimate of drug-likeness (QED) is 0.604. The highest BCUT2D eigenvalue weighted by Gasteiger charge is 2.30. The predicted octanol–water partition coefficient (Wildman–Crippen LogP) is 5.45. The third-order valence-electron chi connectivity index (χ3n) is 4.69. The number of hydrogen-bond acceptors (Lipinski definition) is 2. The maximum atomic E-state index is 13.3. The number of anilines is 1. The van der Waals surface area contributed by atoms with E-state index < -0.39 is 11.7 Å². The lowest BCUT2D eigenvalue weighted by molar-refractivity contribution is -0.137. The highest BCUT2D eigenvalue weighted by Crippen LogP contribution is 2.36. The first kappa shape index (κ1) is 17.6. The second-order valence-corrected chi connectivity index (χ2v) is 6.52. The van der Waals surface area contributed by atoms with Gasteiger partial charge in [0.2, 0.25) is 0 Å². The van der Waals surface area contributed by atoms with Gasteiger partial charge in [0.1, 0.15) is 11.6 Å². The van der Waals surface area contributed by atoms with Crippen LogP contribution in [0, 0.1) is 5.82 Å². The van der Waals surface area contributed by atoms with Gasteiger partial charge in [-0.15, -0.1) is 0 Å². The van der Waals surface area contributed by atoms with Crippen LogP contribution in [0.4, 0.5) is 23.4 Å². The van der Waals surface area contributed by atoms with E-state index in [9.17, 15) is 17.6 Å². The molecule has 0 aliphatic carbocycles. The van der Waals surface area contributed by atoms with Crippen molar-refractivity contribution in [3.63, 3.8) is 0 Å². The Hall–Kier alpha value is -2.83. The Morgan fingerprint density at radius 3 is 2.30 bits per heavy atom. The monoisotopic (exact) mass is 375 g/mol. The van der Waals surface area contributed by atoms with Crippen molar-refractivity contribution in [2.24, 2.45) is 0 Å². The summed E-state index contributed by atoms with van der Waals surface area (Å²) in [6.45, 7) is 0.784.